The van der Waals surface area contributed by atoms with Gasteiger partial charge in [-0.1, -0.05) is 6.92 Å². The Hall–Kier alpha value is -1.86. The van der Waals surface area contributed by atoms with E-state index in [1.807, 2.05) is 0 Å². The lowest BCUT2D eigenvalue weighted by atomic mass is 10.4. The third kappa shape index (κ3) is 4.98. The molecule has 1 saturated heterocycles. The maximum atomic E-state index is 13.1. The molecule has 1 fully saturated rings. The van der Waals surface area contributed by atoms with Crippen LogP contribution >= 0.6 is 0 Å². The largest absolute Gasteiger partial charge is 0.243 e. The molecule has 0 spiro atoms. The summed E-state index contributed by atoms with van der Waals surface area (Å²) in [6, 6.07) is 9.48. The van der Waals surface area contributed by atoms with Gasteiger partial charge in [0.25, 0.3) is 0 Å². The van der Waals surface area contributed by atoms with E-state index in [1.165, 1.54) is 51.9 Å². The molecule has 0 amide bonds. The van der Waals surface area contributed by atoms with Crippen molar-refractivity contribution >= 4 is 29.9 Å². The van der Waals surface area contributed by atoms with Gasteiger partial charge in [-0.15, -0.1) is 0 Å². The molecule has 0 N–H and O–H groups in total. The molecule has 0 radical (unpaired) electrons. The van der Waals surface area contributed by atoms with Gasteiger partial charge in [-0.25, -0.2) is 29.6 Å². The molecule has 0 atom stereocenters. The molecule has 3 rings (SSSR count). The van der Waals surface area contributed by atoms with Crippen molar-refractivity contribution in [3.8, 4) is 0 Å². The van der Waals surface area contributed by atoms with E-state index in [0.29, 0.717) is 0 Å². The van der Waals surface area contributed by atoms with Gasteiger partial charge in [-0.3, -0.25) is 0 Å². The molecule has 8 nitrogen and oxygen atoms in total. The molecule has 1 aliphatic rings. The predicted octanol–water partition coefficient (Wildman–Crippen LogP) is 1.70. The van der Waals surface area contributed by atoms with Gasteiger partial charge in [0.15, 0.2) is 9.84 Å². The van der Waals surface area contributed by atoms with Crippen LogP contribution in [0.25, 0.3) is 0 Å². The Morgan fingerprint density at radius 3 is 1.48 bits per heavy atom. The van der Waals surface area contributed by atoms with Gasteiger partial charge in [0, 0.05) is 26.2 Å². The topological polar surface area (TPSA) is 109 Å². The highest BCUT2D eigenvalue weighted by Crippen LogP contribution is 2.23. The van der Waals surface area contributed by atoms with Crippen molar-refractivity contribution < 1.29 is 29.6 Å². The molecule has 0 aromatic heterocycles. The lowest BCUT2D eigenvalue weighted by Crippen LogP contribution is -2.37. The SMILES string of the molecule is CCS(=O)(=O)c1ccc(S(=O)(=O)N2CCCN(S(=O)(=O)c3ccc(F)cc3)CC2)cc1. The van der Waals surface area contributed by atoms with Gasteiger partial charge in [0.1, 0.15) is 5.82 Å². The number of sulfonamides is 2. The Labute approximate surface area is 182 Å². The Balaban J connectivity index is 1.79. The quantitative estimate of drug-likeness (QED) is 0.610. The monoisotopic (exact) mass is 490 g/mol. The molecular formula is C19H23FN2O6S3. The summed E-state index contributed by atoms with van der Waals surface area (Å²) in [5, 5.41) is 0. The van der Waals surface area contributed by atoms with Crippen molar-refractivity contribution in [3.05, 3.63) is 54.3 Å². The Bertz CT molecular complexity index is 1240. The summed E-state index contributed by atoms with van der Waals surface area (Å²) >= 11 is 0. The number of hydrogen-bond acceptors (Lipinski definition) is 6. The van der Waals surface area contributed by atoms with Crippen LogP contribution in [0.3, 0.4) is 0 Å². The zero-order valence-electron chi connectivity index (χ0n) is 16.8. The lowest BCUT2D eigenvalue weighted by Gasteiger charge is -2.22. The second-order valence-electron chi connectivity index (χ2n) is 6.99. The molecule has 12 heteroatoms. The van der Waals surface area contributed by atoms with Crippen LogP contribution in [0.2, 0.25) is 0 Å². The molecule has 0 unspecified atom stereocenters. The standard InChI is InChI=1S/C19H23FN2O6S3/c1-2-29(23,24)17-8-10-19(11-9-17)31(27,28)22-13-3-12-21(14-15-22)30(25,26)18-6-4-16(20)5-7-18/h4-11H,2-3,12-15H2,1H3. The summed E-state index contributed by atoms with van der Waals surface area (Å²) in [5.74, 6) is -0.645. The second kappa shape index (κ2) is 8.94. The van der Waals surface area contributed by atoms with Crippen molar-refractivity contribution in [2.24, 2.45) is 0 Å². The molecule has 0 bridgehead atoms. The second-order valence-corrected chi connectivity index (χ2v) is 13.1. The van der Waals surface area contributed by atoms with Gasteiger partial charge in [0.05, 0.1) is 20.4 Å². The lowest BCUT2D eigenvalue weighted by molar-refractivity contribution is 0.404. The number of sulfone groups is 1. The van der Waals surface area contributed by atoms with E-state index in [1.54, 1.807) is 0 Å². The normalized spacial score (nSPS) is 17.4. The minimum Gasteiger partial charge on any atom is -0.224 e. The van der Waals surface area contributed by atoms with Gasteiger partial charge in [-0.2, -0.15) is 8.61 Å². The van der Waals surface area contributed by atoms with E-state index < -0.39 is 35.7 Å². The highest BCUT2D eigenvalue weighted by molar-refractivity contribution is 7.91. The van der Waals surface area contributed by atoms with Crippen LogP contribution in [-0.2, 0) is 29.9 Å². The smallest absolute Gasteiger partial charge is 0.224 e. The zero-order valence-corrected chi connectivity index (χ0v) is 19.3. The summed E-state index contributed by atoms with van der Waals surface area (Å²) in [6.07, 6.45) is 0.280. The van der Waals surface area contributed by atoms with E-state index in [2.05, 4.69) is 0 Å². The fraction of sp³-hybridized carbons (Fsp3) is 0.368. The van der Waals surface area contributed by atoms with Gasteiger partial charge in [0.2, 0.25) is 20.0 Å². The highest BCUT2D eigenvalue weighted by Gasteiger charge is 2.32. The molecule has 2 aromatic rings. The number of nitrogens with zero attached hydrogens (tertiary/aromatic N) is 2. The van der Waals surface area contributed by atoms with E-state index in [-0.39, 0.29) is 53.0 Å². The first kappa shape index (κ1) is 23.8. The maximum absolute atomic E-state index is 13.1. The average molecular weight is 491 g/mol. The predicted molar refractivity (Wildman–Crippen MR) is 113 cm³/mol. The Morgan fingerprint density at radius 1 is 0.677 bits per heavy atom. The molecule has 170 valence electrons. The summed E-state index contributed by atoms with van der Waals surface area (Å²) in [6.45, 7) is 1.63. The van der Waals surface area contributed by atoms with Crippen molar-refractivity contribution in [2.45, 2.75) is 28.0 Å². The van der Waals surface area contributed by atoms with Gasteiger partial charge < -0.3 is 0 Å². The molecule has 0 aliphatic carbocycles. The molecule has 1 aliphatic heterocycles. The third-order valence-electron chi connectivity index (χ3n) is 5.07. The van der Waals surface area contributed by atoms with Crippen LogP contribution in [0.15, 0.2) is 63.2 Å². The van der Waals surface area contributed by atoms with E-state index >= 15 is 0 Å². The van der Waals surface area contributed by atoms with Crippen molar-refractivity contribution in [2.75, 3.05) is 31.9 Å². The summed E-state index contributed by atoms with van der Waals surface area (Å²) < 4.78 is 91.0. The van der Waals surface area contributed by atoms with Crippen molar-refractivity contribution in [1.29, 1.82) is 0 Å². The molecule has 2 aromatic carbocycles. The average Bonchev–Trinajstić information content (AvgIpc) is 3.01. The Morgan fingerprint density at radius 2 is 1.06 bits per heavy atom. The van der Waals surface area contributed by atoms with Gasteiger partial charge >= 0.3 is 0 Å². The van der Waals surface area contributed by atoms with E-state index in [9.17, 15) is 29.6 Å². The zero-order chi connectivity index (χ0) is 22.9. The first-order valence-electron chi connectivity index (χ1n) is 9.57. The fourth-order valence-corrected chi connectivity index (χ4v) is 7.06. The Kier molecular flexibility index (Phi) is 6.87. The van der Waals surface area contributed by atoms with Crippen LogP contribution in [-0.4, -0.2) is 65.8 Å². The third-order valence-corrected chi connectivity index (χ3v) is 10.6. The number of hydrogen-bond donors (Lipinski definition) is 0. The molecular weight excluding hydrogens is 467 g/mol. The fourth-order valence-electron chi connectivity index (χ4n) is 3.24. The van der Waals surface area contributed by atoms with Crippen molar-refractivity contribution in [1.82, 2.24) is 8.61 Å². The first-order valence-corrected chi connectivity index (χ1v) is 14.1. The van der Waals surface area contributed by atoms with Crippen LogP contribution in [0.5, 0.6) is 0 Å². The van der Waals surface area contributed by atoms with Crippen molar-refractivity contribution in [3.63, 3.8) is 0 Å². The first-order chi connectivity index (χ1) is 14.5. The number of halogens is 1. The van der Waals surface area contributed by atoms with Crippen LogP contribution in [0, 0.1) is 5.82 Å². The van der Waals surface area contributed by atoms with Crippen LogP contribution < -0.4 is 0 Å². The number of rotatable bonds is 6. The highest BCUT2D eigenvalue weighted by atomic mass is 32.2. The molecule has 31 heavy (non-hydrogen) atoms. The molecule has 1 heterocycles. The van der Waals surface area contributed by atoms with Crippen LogP contribution in [0.1, 0.15) is 13.3 Å². The summed E-state index contributed by atoms with van der Waals surface area (Å²) in [5.41, 5.74) is 0. The van der Waals surface area contributed by atoms with Gasteiger partial charge in [-0.05, 0) is 55.0 Å². The van der Waals surface area contributed by atoms with E-state index in [4.69, 9.17) is 0 Å². The molecule has 0 saturated carbocycles. The van der Waals surface area contributed by atoms with E-state index in [0.717, 1.165) is 12.1 Å². The summed E-state index contributed by atoms with van der Waals surface area (Å²) in [7, 11) is -11.3. The summed E-state index contributed by atoms with van der Waals surface area (Å²) in [4.78, 5) is -0.0725. The minimum absolute atomic E-state index is 0.0429. The maximum Gasteiger partial charge on any atom is 0.243 e. The number of benzene rings is 2. The minimum atomic E-state index is -3.93. The van der Waals surface area contributed by atoms with Crippen LogP contribution in [0.4, 0.5) is 4.39 Å².